The number of aromatic amines is 1. The Morgan fingerprint density at radius 1 is 1.18 bits per heavy atom. The fraction of sp³-hybridized carbons (Fsp3) is 0.292. The van der Waals surface area contributed by atoms with Gasteiger partial charge in [0.1, 0.15) is 23.7 Å². The van der Waals surface area contributed by atoms with Gasteiger partial charge < -0.3 is 9.72 Å². The van der Waals surface area contributed by atoms with E-state index in [-0.39, 0.29) is 18.7 Å². The van der Waals surface area contributed by atoms with E-state index in [9.17, 15) is 13.6 Å². The highest BCUT2D eigenvalue weighted by Gasteiger charge is 2.33. The molecule has 0 saturated carbocycles. The van der Waals surface area contributed by atoms with Crippen LogP contribution in [0.25, 0.3) is 22.4 Å². The summed E-state index contributed by atoms with van der Waals surface area (Å²) in [4.78, 5) is 26.9. The molecule has 7 nitrogen and oxygen atoms in total. The largest absolute Gasteiger partial charge is 0.491 e. The van der Waals surface area contributed by atoms with Crippen LogP contribution in [0.15, 0.2) is 54.0 Å². The number of thiazole rings is 1. The number of imidazole rings is 1. The molecule has 34 heavy (non-hydrogen) atoms. The molecule has 1 aliphatic heterocycles. The van der Waals surface area contributed by atoms with E-state index in [1.54, 1.807) is 23.7 Å². The van der Waals surface area contributed by atoms with Gasteiger partial charge in [-0.15, -0.1) is 11.3 Å². The topological polar surface area (TPSA) is 83.1 Å². The quantitative estimate of drug-likeness (QED) is 0.384. The molecule has 1 amide bonds. The molecular formula is C24H23F2N5O2S. The summed E-state index contributed by atoms with van der Waals surface area (Å²) in [5, 5.41) is 5.11. The third kappa shape index (κ3) is 4.92. The number of likely N-dealkylation sites (tertiary alicyclic amines) is 1. The summed E-state index contributed by atoms with van der Waals surface area (Å²) < 4.78 is 32.8. The van der Waals surface area contributed by atoms with Gasteiger partial charge >= 0.3 is 0 Å². The number of halogens is 2. The molecule has 1 saturated heterocycles. The standard InChI is InChI=1S/C24H23F2N5O2S/c25-24(26)8-11-31(12-9-24)13-14-33-19-7-2-1-4-16(19)21-28-18-6-3-5-17(20(18)29-21)22(32)30-23-27-10-15-34-23/h1-7,10,15H,8-9,11-14H2,(H,28,29)(H,27,30,32). The van der Waals surface area contributed by atoms with Crippen molar-refractivity contribution in [2.24, 2.45) is 0 Å². The van der Waals surface area contributed by atoms with Crippen molar-refractivity contribution in [1.29, 1.82) is 0 Å². The molecule has 2 N–H and O–H groups in total. The van der Waals surface area contributed by atoms with Crippen LogP contribution in [-0.2, 0) is 0 Å². The molecule has 2 aromatic carbocycles. The van der Waals surface area contributed by atoms with Gasteiger partial charge in [-0.25, -0.2) is 18.7 Å². The Morgan fingerprint density at radius 2 is 2.00 bits per heavy atom. The lowest BCUT2D eigenvalue weighted by Gasteiger charge is -2.31. The number of alkyl halides is 2. The van der Waals surface area contributed by atoms with Gasteiger partial charge in [0.15, 0.2) is 5.13 Å². The number of carbonyl (C=O) groups is 1. The molecule has 176 valence electrons. The Labute approximate surface area is 198 Å². The maximum Gasteiger partial charge on any atom is 0.259 e. The van der Waals surface area contributed by atoms with Gasteiger partial charge in [-0.3, -0.25) is 15.0 Å². The smallest absolute Gasteiger partial charge is 0.259 e. The predicted molar refractivity (Wildman–Crippen MR) is 128 cm³/mol. The molecule has 0 radical (unpaired) electrons. The van der Waals surface area contributed by atoms with E-state index < -0.39 is 5.92 Å². The predicted octanol–water partition coefficient (Wildman–Crippen LogP) is 5.05. The molecular weight excluding hydrogens is 460 g/mol. The zero-order valence-corrected chi connectivity index (χ0v) is 19.1. The van der Waals surface area contributed by atoms with Gasteiger partial charge in [-0.05, 0) is 24.3 Å². The number of fused-ring (bicyclic) bond motifs is 1. The van der Waals surface area contributed by atoms with Gasteiger partial charge in [-0.1, -0.05) is 18.2 Å². The number of ether oxygens (including phenoxy) is 1. The van der Waals surface area contributed by atoms with Gasteiger partial charge in [0.2, 0.25) is 0 Å². The Balaban J connectivity index is 1.32. The lowest BCUT2D eigenvalue weighted by molar-refractivity contribution is -0.0564. The minimum absolute atomic E-state index is 0.110. The average Bonchev–Trinajstić information content (AvgIpc) is 3.50. The van der Waals surface area contributed by atoms with Crippen LogP contribution in [0.2, 0.25) is 0 Å². The summed E-state index contributed by atoms with van der Waals surface area (Å²) in [7, 11) is 0. The summed E-state index contributed by atoms with van der Waals surface area (Å²) in [6, 6.07) is 12.9. The number of H-pyrrole nitrogens is 1. The average molecular weight is 484 g/mol. The summed E-state index contributed by atoms with van der Waals surface area (Å²) >= 11 is 1.34. The minimum atomic E-state index is -2.55. The van der Waals surface area contributed by atoms with Crippen LogP contribution in [0.4, 0.5) is 13.9 Å². The molecule has 0 aliphatic carbocycles. The number of para-hydroxylation sites is 2. The highest BCUT2D eigenvalue weighted by atomic mass is 32.1. The minimum Gasteiger partial charge on any atom is -0.491 e. The SMILES string of the molecule is O=C(Nc1nccs1)c1cccc2[nH]c(-c3ccccc3OCCN3CCC(F)(F)CC3)nc12. The van der Waals surface area contributed by atoms with E-state index in [0.29, 0.717) is 54.0 Å². The summed E-state index contributed by atoms with van der Waals surface area (Å²) in [6.07, 6.45) is 1.41. The number of carbonyl (C=O) groups excluding carboxylic acids is 1. The number of rotatable bonds is 7. The normalized spacial score (nSPS) is 15.9. The Hall–Kier alpha value is -3.37. The molecule has 0 unspecified atom stereocenters. The molecule has 0 spiro atoms. The fourth-order valence-electron chi connectivity index (χ4n) is 3.97. The first-order valence-electron chi connectivity index (χ1n) is 11.0. The first kappa shape index (κ1) is 22.4. The zero-order valence-electron chi connectivity index (χ0n) is 18.3. The van der Waals surface area contributed by atoms with Crippen molar-refractivity contribution in [2.45, 2.75) is 18.8 Å². The molecule has 1 fully saturated rings. The second kappa shape index (κ2) is 9.47. The van der Waals surface area contributed by atoms with Crippen LogP contribution in [-0.4, -0.2) is 57.9 Å². The number of amides is 1. The van der Waals surface area contributed by atoms with Crippen LogP contribution >= 0.6 is 11.3 Å². The lowest BCUT2D eigenvalue weighted by atomic mass is 10.1. The van der Waals surface area contributed by atoms with Crippen molar-refractivity contribution < 1.29 is 18.3 Å². The van der Waals surface area contributed by atoms with Crippen molar-refractivity contribution in [3.05, 3.63) is 59.6 Å². The first-order valence-corrected chi connectivity index (χ1v) is 11.9. The number of piperidine rings is 1. The maximum absolute atomic E-state index is 13.4. The molecule has 0 bridgehead atoms. The first-order chi connectivity index (χ1) is 16.5. The van der Waals surface area contributed by atoms with Crippen LogP contribution in [0, 0.1) is 0 Å². The van der Waals surface area contributed by atoms with Crippen molar-refractivity contribution in [3.8, 4) is 17.1 Å². The molecule has 1 aliphatic rings. The summed E-state index contributed by atoms with van der Waals surface area (Å²) in [5.74, 6) is -1.62. The Morgan fingerprint density at radius 3 is 2.79 bits per heavy atom. The van der Waals surface area contributed by atoms with E-state index >= 15 is 0 Å². The third-order valence-corrected chi connectivity index (χ3v) is 6.49. The van der Waals surface area contributed by atoms with Crippen LogP contribution in [0.3, 0.4) is 0 Å². The Kier molecular flexibility index (Phi) is 6.25. The van der Waals surface area contributed by atoms with Crippen LogP contribution in [0.5, 0.6) is 5.75 Å². The van der Waals surface area contributed by atoms with Gasteiger partial charge in [0, 0.05) is 44.1 Å². The number of benzene rings is 2. The summed E-state index contributed by atoms with van der Waals surface area (Å²) in [5.41, 5.74) is 2.48. The number of hydrogen-bond donors (Lipinski definition) is 2. The van der Waals surface area contributed by atoms with Crippen molar-refractivity contribution in [2.75, 3.05) is 31.6 Å². The number of aromatic nitrogens is 3. The van der Waals surface area contributed by atoms with E-state index in [2.05, 4.69) is 15.3 Å². The Bertz CT molecular complexity index is 1280. The molecule has 5 rings (SSSR count). The van der Waals surface area contributed by atoms with E-state index in [1.165, 1.54) is 11.3 Å². The maximum atomic E-state index is 13.4. The molecule has 10 heteroatoms. The van der Waals surface area contributed by atoms with Crippen molar-refractivity contribution in [3.63, 3.8) is 0 Å². The van der Waals surface area contributed by atoms with Crippen LogP contribution < -0.4 is 10.1 Å². The van der Waals surface area contributed by atoms with E-state index in [4.69, 9.17) is 9.72 Å². The van der Waals surface area contributed by atoms with Gasteiger partial charge in [0.05, 0.1) is 16.6 Å². The highest BCUT2D eigenvalue weighted by Crippen LogP contribution is 2.31. The second-order valence-electron chi connectivity index (χ2n) is 8.12. The molecule has 0 atom stereocenters. The number of anilines is 1. The van der Waals surface area contributed by atoms with Gasteiger partial charge in [0.25, 0.3) is 11.8 Å². The lowest BCUT2D eigenvalue weighted by Crippen LogP contribution is -2.41. The third-order valence-electron chi connectivity index (χ3n) is 5.80. The molecule has 4 aromatic rings. The van der Waals surface area contributed by atoms with E-state index in [0.717, 1.165) is 11.1 Å². The number of nitrogens with one attached hydrogen (secondary N) is 2. The van der Waals surface area contributed by atoms with E-state index in [1.807, 2.05) is 35.2 Å². The van der Waals surface area contributed by atoms with Gasteiger partial charge in [-0.2, -0.15) is 0 Å². The number of nitrogens with zero attached hydrogens (tertiary/aromatic N) is 3. The molecule has 3 heterocycles. The van der Waals surface area contributed by atoms with Crippen molar-refractivity contribution in [1.82, 2.24) is 19.9 Å². The summed E-state index contributed by atoms with van der Waals surface area (Å²) in [6.45, 7) is 1.69. The molecule has 2 aromatic heterocycles. The fourth-order valence-corrected chi connectivity index (χ4v) is 4.49. The van der Waals surface area contributed by atoms with Crippen molar-refractivity contribution >= 4 is 33.4 Å². The monoisotopic (exact) mass is 483 g/mol. The second-order valence-corrected chi connectivity index (χ2v) is 9.02. The highest BCUT2D eigenvalue weighted by molar-refractivity contribution is 7.13. The zero-order chi connectivity index (χ0) is 23.5. The van der Waals surface area contributed by atoms with Crippen LogP contribution in [0.1, 0.15) is 23.2 Å². The number of hydrogen-bond acceptors (Lipinski definition) is 6.